The molecular weight excluding hydrogens is 401 g/mol. The number of nitrogens with one attached hydrogen (secondary N) is 2. The van der Waals surface area contributed by atoms with Crippen molar-refractivity contribution >= 4 is 16.6 Å². The average molecular weight is 423 g/mol. The van der Waals surface area contributed by atoms with E-state index in [2.05, 4.69) is 44.7 Å². The van der Waals surface area contributed by atoms with Gasteiger partial charge in [0.25, 0.3) is 0 Å². The Hall–Kier alpha value is -4.06. The molecular formula is C26H22FN5. The maximum absolute atomic E-state index is 13.6. The van der Waals surface area contributed by atoms with Gasteiger partial charge in [-0.25, -0.2) is 9.37 Å². The number of hydrogen-bond acceptors (Lipinski definition) is 5. The SMILES string of the molecule is CC1(c2ccncc2)C=CC(CNc2nccc3cc(-c4cccc(F)c4)ncc23)=CN1. The number of fused-ring (bicyclic) bond motifs is 1. The normalized spacial score (nSPS) is 17.6. The van der Waals surface area contributed by atoms with Crippen molar-refractivity contribution in [2.75, 3.05) is 11.9 Å². The molecule has 0 fully saturated rings. The van der Waals surface area contributed by atoms with E-state index in [1.807, 2.05) is 36.5 Å². The van der Waals surface area contributed by atoms with Crippen molar-refractivity contribution in [1.82, 2.24) is 20.3 Å². The average Bonchev–Trinajstić information content (AvgIpc) is 2.84. The maximum atomic E-state index is 13.6. The van der Waals surface area contributed by atoms with Gasteiger partial charge in [0.1, 0.15) is 11.6 Å². The summed E-state index contributed by atoms with van der Waals surface area (Å²) in [6, 6.07) is 14.4. The first-order valence-corrected chi connectivity index (χ1v) is 10.4. The molecule has 5 rings (SSSR count). The third-order valence-corrected chi connectivity index (χ3v) is 5.70. The Kier molecular flexibility index (Phi) is 5.11. The summed E-state index contributed by atoms with van der Waals surface area (Å²) >= 11 is 0. The lowest BCUT2D eigenvalue weighted by Crippen LogP contribution is -2.36. The maximum Gasteiger partial charge on any atom is 0.135 e. The molecule has 1 aliphatic heterocycles. The highest BCUT2D eigenvalue weighted by atomic mass is 19.1. The van der Waals surface area contributed by atoms with E-state index in [0.29, 0.717) is 6.54 Å². The van der Waals surface area contributed by atoms with Gasteiger partial charge in [-0.05, 0) is 59.8 Å². The lowest BCUT2D eigenvalue weighted by molar-refractivity contribution is 0.519. The van der Waals surface area contributed by atoms with Crippen molar-refractivity contribution in [3.63, 3.8) is 0 Å². The fourth-order valence-electron chi connectivity index (χ4n) is 3.80. The van der Waals surface area contributed by atoms with Crippen LogP contribution in [0.2, 0.25) is 0 Å². The Balaban J connectivity index is 1.32. The lowest BCUT2D eigenvalue weighted by atomic mass is 9.90. The molecule has 3 aromatic heterocycles. The Labute approximate surface area is 185 Å². The molecule has 5 nitrogen and oxygen atoms in total. The third-order valence-electron chi connectivity index (χ3n) is 5.70. The van der Waals surface area contributed by atoms with Crippen LogP contribution in [0.25, 0.3) is 22.0 Å². The Morgan fingerprint density at radius 3 is 2.69 bits per heavy atom. The topological polar surface area (TPSA) is 62.7 Å². The molecule has 4 aromatic rings. The fraction of sp³-hybridized carbons (Fsp3) is 0.115. The van der Waals surface area contributed by atoms with Gasteiger partial charge in [0.2, 0.25) is 0 Å². The molecule has 0 aliphatic carbocycles. The van der Waals surface area contributed by atoms with Crippen molar-refractivity contribution < 1.29 is 4.39 Å². The van der Waals surface area contributed by atoms with Gasteiger partial charge < -0.3 is 10.6 Å². The minimum atomic E-state index is -0.274. The van der Waals surface area contributed by atoms with Crippen LogP contribution in [-0.4, -0.2) is 21.5 Å². The molecule has 1 unspecified atom stereocenters. The summed E-state index contributed by atoms with van der Waals surface area (Å²) in [5.41, 5.74) is 3.48. The Morgan fingerprint density at radius 1 is 1.03 bits per heavy atom. The highest BCUT2D eigenvalue weighted by Gasteiger charge is 2.24. The standard InChI is InChI=1S/C26H22FN5/c1-26(21-7-10-28-11-8-21)9-5-18(16-32-26)15-31-25-23-17-30-24(14-19(23)6-12-29-25)20-3-2-4-22(27)13-20/h2-14,16-17,32H,15H2,1H3,(H,29,31). The van der Waals surface area contributed by atoms with Crippen LogP contribution in [0.4, 0.5) is 10.2 Å². The van der Waals surface area contributed by atoms with Crippen LogP contribution >= 0.6 is 0 Å². The van der Waals surface area contributed by atoms with Crippen LogP contribution < -0.4 is 10.6 Å². The molecule has 0 spiro atoms. The molecule has 2 N–H and O–H groups in total. The van der Waals surface area contributed by atoms with Crippen molar-refractivity contribution in [2.45, 2.75) is 12.5 Å². The molecule has 1 aromatic carbocycles. The van der Waals surface area contributed by atoms with Gasteiger partial charge in [-0.3, -0.25) is 9.97 Å². The Bertz CT molecular complexity index is 1330. The second kappa shape index (κ2) is 8.23. The van der Waals surface area contributed by atoms with Crippen molar-refractivity contribution in [3.05, 3.63) is 109 Å². The molecule has 1 atom stereocenters. The van der Waals surface area contributed by atoms with E-state index in [-0.39, 0.29) is 11.4 Å². The van der Waals surface area contributed by atoms with Gasteiger partial charge in [-0.15, -0.1) is 0 Å². The number of benzene rings is 1. The molecule has 0 bridgehead atoms. The van der Waals surface area contributed by atoms with Gasteiger partial charge in [-0.2, -0.15) is 0 Å². The molecule has 1 aliphatic rings. The van der Waals surface area contributed by atoms with Crippen LogP contribution in [0.15, 0.2) is 97.2 Å². The fourth-order valence-corrected chi connectivity index (χ4v) is 3.80. The lowest BCUT2D eigenvalue weighted by Gasteiger charge is -2.30. The number of dihydropyridines is 1. The number of hydrogen-bond donors (Lipinski definition) is 2. The zero-order valence-corrected chi connectivity index (χ0v) is 17.6. The number of halogens is 1. The number of anilines is 1. The summed E-state index contributed by atoms with van der Waals surface area (Å²) in [4.78, 5) is 13.1. The third kappa shape index (κ3) is 3.95. The predicted octanol–water partition coefficient (Wildman–Crippen LogP) is 5.20. The first-order valence-electron chi connectivity index (χ1n) is 10.4. The van der Waals surface area contributed by atoms with Crippen LogP contribution in [0.1, 0.15) is 12.5 Å². The molecule has 0 saturated carbocycles. The first kappa shape index (κ1) is 19.9. The van der Waals surface area contributed by atoms with Gasteiger partial charge in [0, 0.05) is 48.5 Å². The summed E-state index contributed by atoms with van der Waals surface area (Å²) < 4.78 is 13.6. The monoisotopic (exact) mass is 423 g/mol. The summed E-state index contributed by atoms with van der Waals surface area (Å²) in [6.07, 6.45) is 13.5. The van der Waals surface area contributed by atoms with E-state index in [1.54, 1.807) is 30.9 Å². The zero-order chi connectivity index (χ0) is 22.0. The van der Waals surface area contributed by atoms with Gasteiger partial charge >= 0.3 is 0 Å². The van der Waals surface area contributed by atoms with Crippen molar-refractivity contribution in [2.24, 2.45) is 0 Å². The van der Waals surface area contributed by atoms with E-state index in [1.165, 1.54) is 12.1 Å². The second-order valence-electron chi connectivity index (χ2n) is 7.95. The van der Waals surface area contributed by atoms with Crippen molar-refractivity contribution in [3.8, 4) is 11.3 Å². The highest BCUT2D eigenvalue weighted by Crippen LogP contribution is 2.28. The minimum absolute atomic E-state index is 0.263. The molecule has 6 heteroatoms. The van der Waals surface area contributed by atoms with E-state index >= 15 is 0 Å². The second-order valence-corrected chi connectivity index (χ2v) is 7.95. The smallest absolute Gasteiger partial charge is 0.135 e. The minimum Gasteiger partial charge on any atom is -0.378 e. The van der Waals surface area contributed by atoms with Gasteiger partial charge in [-0.1, -0.05) is 24.3 Å². The molecule has 0 amide bonds. The first-order chi connectivity index (χ1) is 15.6. The van der Waals surface area contributed by atoms with Crippen LogP contribution in [0.5, 0.6) is 0 Å². The summed E-state index contributed by atoms with van der Waals surface area (Å²) in [7, 11) is 0. The zero-order valence-electron chi connectivity index (χ0n) is 17.6. The van der Waals surface area contributed by atoms with Crippen LogP contribution in [0, 0.1) is 5.82 Å². The van der Waals surface area contributed by atoms with Gasteiger partial charge in [0.05, 0.1) is 11.2 Å². The van der Waals surface area contributed by atoms with Gasteiger partial charge in [0.15, 0.2) is 0 Å². The number of aromatic nitrogens is 3. The highest BCUT2D eigenvalue weighted by molar-refractivity contribution is 5.93. The molecule has 4 heterocycles. The van der Waals surface area contributed by atoms with E-state index in [0.717, 1.165) is 39.0 Å². The number of pyridine rings is 3. The molecule has 158 valence electrons. The molecule has 32 heavy (non-hydrogen) atoms. The van der Waals surface area contributed by atoms with Crippen molar-refractivity contribution in [1.29, 1.82) is 0 Å². The largest absolute Gasteiger partial charge is 0.378 e. The quantitative estimate of drug-likeness (QED) is 0.462. The predicted molar refractivity (Wildman–Crippen MR) is 125 cm³/mol. The Morgan fingerprint density at radius 2 is 1.91 bits per heavy atom. The molecule has 0 saturated heterocycles. The number of nitrogens with zero attached hydrogens (tertiary/aromatic N) is 3. The van der Waals surface area contributed by atoms with Crippen LogP contribution in [0.3, 0.4) is 0 Å². The summed E-state index contributed by atoms with van der Waals surface area (Å²) in [5, 5.41) is 8.81. The van der Waals surface area contributed by atoms with Crippen LogP contribution in [-0.2, 0) is 5.54 Å². The number of rotatable bonds is 5. The summed E-state index contributed by atoms with van der Waals surface area (Å²) in [5.74, 6) is 0.487. The van der Waals surface area contributed by atoms with E-state index < -0.39 is 0 Å². The van der Waals surface area contributed by atoms with E-state index in [4.69, 9.17) is 0 Å². The summed E-state index contributed by atoms with van der Waals surface area (Å²) in [6.45, 7) is 2.75. The van der Waals surface area contributed by atoms with E-state index in [9.17, 15) is 4.39 Å². The molecule has 0 radical (unpaired) electrons.